The Kier molecular flexibility index (Phi) is 5.04. The number of carbonyl (C=O) groups excluding carboxylic acids is 1. The summed E-state index contributed by atoms with van der Waals surface area (Å²) in [5, 5.41) is 6.87. The van der Waals surface area contributed by atoms with Gasteiger partial charge in [-0.3, -0.25) is 9.59 Å². The lowest BCUT2D eigenvalue weighted by molar-refractivity contribution is 0.0931. The Hall–Kier alpha value is -2.50. The fourth-order valence-electron chi connectivity index (χ4n) is 1.85. The number of nitrogens with zero attached hydrogens (tertiary/aromatic N) is 2. The van der Waals surface area contributed by atoms with Crippen molar-refractivity contribution < 1.29 is 9.18 Å². The van der Waals surface area contributed by atoms with Gasteiger partial charge in [-0.1, -0.05) is 19.1 Å². The van der Waals surface area contributed by atoms with Gasteiger partial charge in [0.15, 0.2) is 0 Å². The lowest BCUT2D eigenvalue weighted by Crippen LogP contribution is -2.34. The lowest BCUT2D eigenvalue weighted by atomic mass is 10.2. The van der Waals surface area contributed by atoms with E-state index in [4.69, 9.17) is 0 Å². The average molecular weight is 303 g/mol. The van der Waals surface area contributed by atoms with Crippen molar-refractivity contribution in [1.29, 1.82) is 0 Å². The van der Waals surface area contributed by atoms with Gasteiger partial charge in [0.1, 0.15) is 11.5 Å². The Labute approximate surface area is 127 Å². The van der Waals surface area contributed by atoms with Crippen LogP contribution in [0.3, 0.4) is 0 Å². The second-order valence-corrected chi connectivity index (χ2v) is 5.12. The molecule has 1 amide bonds. The highest BCUT2D eigenvalue weighted by Gasteiger charge is 2.12. The predicted molar refractivity (Wildman–Crippen MR) is 81.2 cm³/mol. The van der Waals surface area contributed by atoms with Crippen LogP contribution >= 0.6 is 0 Å². The maximum Gasteiger partial charge on any atom is 0.271 e. The molecule has 1 heterocycles. The molecule has 0 saturated carbocycles. The van der Waals surface area contributed by atoms with Crippen molar-refractivity contribution >= 4 is 5.91 Å². The van der Waals surface area contributed by atoms with E-state index in [1.54, 1.807) is 12.1 Å². The number of benzene rings is 1. The zero-order valence-electron chi connectivity index (χ0n) is 12.5. The van der Waals surface area contributed by atoms with Gasteiger partial charge in [0.25, 0.3) is 11.5 Å². The van der Waals surface area contributed by atoms with Crippen molar-refractivity contribution in [2.75, 3.05) is 0 Å². The Morgan fingerprint density at radius 2 is 1.95 bits per heavy atom. The first-order chi connectivity index (χ1) is 10.5. The topological polar surface area (TPSA) is 64.0 Å². The summed E-state index contributed by atoms with van der Waals surface area (Å²) in [6.45, 7) is 4.05. The molecule has 2 aromatic rings. The molecule has 0 aliphatic heterocycles. The maximum absolute atomic E-state index is 12.9. The minimum atomic E-state index is -0.342. The van der Waals surface area contributed by atoms with Gasteiger partial charge in [-0.2, -0.15) is 5.10 Å². The van der Waals surface area contributed by atoms with Crippen molar-refractivity contribution in [2.24, 2.45) is 0 Å². The van der Waals surface area contributed by atoms with Crippen molar-refractivity contribution in [1.82, 2.24) is 15.1 Å². The third kappa shape index (κ3) is 4.00. The summed E-state index contributed by atoms with van der Waals surface area (Å²) in [6.07, 6.45) is 0.807. The number of hydrogen-bond acceptors (Lipinski definition) is 3. The Morgan fingerprint density at radius 3 is 2.59 bits per heavy atom. The molecule has 0 radical (unpaired) electrons. The van der Waals surface area contributed by atoms with Gasteiger partial charge < -0.3 is 5.32 Å². The van der Waals surface area contributed by atoms with Gasteiger partial charge in [-0.25, -0.2) is 9.07 Å². The van der Waals surface area contributed by atoms with Crippen LogP contribution in [0.2, 0.25) is 0 Å². The van der Waals surface area contributed by atoms with Gasteiger partial charge in [-0.15, -0.1) is 0 Å². The molecule has 6 heteroatoms. The Bertz CT molecular complexity index is 710. The van der Waals surface area contributed by atoms with Gasteiger partial charge >= 0.3 is 0 Å². The minimum Gasteiger partial charge on any atom is -0.348 e. The zero-order chi connectivity index (χ0) is 16.1. The molecule has 2 rings (SSSR count). The van der Waals surface area contributed by atoms with Crippen molar-refractivity contribution in [2.45, 2.75) is 32.9 Å². The molecule has 1 unspecified atom stereocenters. The predicted octanol–water partition coefficient (Wildman–Crippen LogP) is 1.96. The quantitative estimate of drug-likeness (QED) is 0.918. The summed E-state index contributed by atoms with van der Waals surface area (Å²) in [5.74, 6) is -0.659. The molecule has 0 saturated heterocycles. The third-order valence-corrected chi connectivity index (χ3v) is 3.33. The molecule has 1 aromatic carbocycles. The Balaban J connectivity index is 2.21. The van der Waals surface area contributed by atoms with E-state index in [2.05, 4.69) is 10.4 Å². The van der Waals surface area contributed by atoms with E-state index < -0.39 is 0 Å². The van der Waals surface area contributed by atoms with E-state index in [0.29, 0.717) is 0 Å². The molecular weight excluding hydrogens is 285 g/mol. The molecule has 22 heavy (non-hydrogen) atoms. The SMILES string of the molecule is CCC(C)NC(=O)c1ccc(=O)n(Cc2ccc(F)cc2)n1. The first kappa shape index (κ1) is 15.9. The maximum atomic E-state index is 12.9. The van der Waals surface area contributed by atoms with E-state index >= 15 is 0 Å². The monoisotopic (exact) mass is 303 g/mol. The summed E-state index contributed by atoms with van der Waals surface area (Å²) in [7, 11) is 0. The first-order valence-electron chi connectivity index (χ1n) is 7.13. The largest absolute Gasteiger partial charge is 0.348 e. The molecule has 0 aliphatic carbocycles. The van der Waals surface area contributed by atoms with Crippen molar-refractivity contribution in [3.63, 3.8) is 0 Å². The molecule has 0 bridgehead atoms. The number of carbonyl (C=O) groups is 1. The lowest BCUT2D eigenvalue weighted by Gasteiger charge is -2.11. The molecule has 116 valence electrons. The summed E-state index contributed by atoms with van der Waals surface area (Å²) in [6, 6.07) is 8.54. The second kappa shape index (κ2) is 6.98. The van der Waals surface area contributed by atoms with Crippen LogP contribution in [0.4, 0.5) is 4.39 Å². The van der Waals surface area contributed by atoms with E-state index in [9.17, 15) is 14.0 Å². The van der Waals surface area contributed by atoms with Gasteiger partial charge in [-0.05, 0) is 37.1 Å². The van der Waals surface area contributed by atoms with E-state index in [0.717, 1.165) is 12.0 Å². The molecule has 1 N–H and O–H groups in total. The Morgan fingerprint density at radius 1 is 1.27 bits per heavy atom. The molecular formula is C16H18FN3O2. The van der Waals surface area contributed by atoms with Crippen LogP contribution in [0.1, 0.15) is 36.3 Å². The van der Waals surface area contributed by atoms with E-state index in [-0.39, 0.29) is 35.6 Å². The number of aromatic nitrogens is 2. The second-order valence-electron chi connectivity index (χ2n) is 5.12. The van der Waals surface area contributed by atoms with Gasteiger partial charge in [0.2, 0.25) is 0 Å². The van der Waals surface area contributed by atoms with E-state index in [1.807, 2.05) is 13.8 Å². The summed E-state index contributed by atoms with van der Waals surface area (Å²) in [5.41, 5.74) is 0.599. The zero-order valence-corrected chi connectivity index (χ0v) is 12.5. The minimum absolute atomic E-state index is 0.0341. The van der Waals surface area contributed by atoms with Crippen LogP contribution in [0, 0.1) is 5.82 Å². The fraction of sp³-hybridized carbons (Fsp3) is 0.312. The number of hydrogen-bond donors (Lipinski definition) is 1. The summed E-state index contributed by atoms with van der Waals surface area (Å²) < 4.78 is 14.1. The van der Waals surface area contributed by atoms with E-state index in [1.165, 1.54) is 28.9 Å². The fourth-order valence-corrected chi connectivity index (χ4v) is 1.85. The van der Waals surface area contributed by atoms with Crippen LogP contribution in [0.25, 0.3) is 0 Å². The average Bonchev–Trinajstić information content (AvgIpc) is 2.51. The van der Waals surface area contributed by atoms with Crippen LogP contribution in [-0.2, 0) is 6.54 Å². The standard InChI is InChI=1S/C16H18FN3O2/c1-3-11(2)18-16(22)14-8-9-15(21)20(19-14)10-12-4-6-13(17)7-5-12/h4-9,11H,3,10H2,1-2H3,(H,18,22). The number of rotatable bonds is 5. The van der Waals surface area contributed by atoms with Gasteiger partial charge in [0.05, 0.1) is 6.54 Å². The van der Waals surface area contributed by atoms with Crippen molar-refractivity contribution in [3.8, 4) is 0 Å². The highest BCUT2D eigenvalue weighted by atomic mass is 19.1. The number of nitrogens with one attached hydrogen (secondary N) is 1. The van der Waals surface area contributed by atoms with Crippen LogP contribution in [0.5, 0.6) is 0 Å². The van der Waals surface area contributed by atoms with Crippen LogP contribution in [0.15, 0.2) is 41.2 Å². The molecule has 1 atom stereocenters. The summed E-state index contributed by atoms with van der Waals surface area (Å²) in [4.78, 5) is 23.9. The summed E-state index contributed by atoms with van der Waals surface area (Å²) >= 11 is 0. The number of amides is 1. The third-order valence-electron chi connectivity index (χ3n) is 3.33. The molecule has 0 fully saturated rings. The highest BCUT2D eigenvalue weighted by molar-refractivity contribution is 5.92. The highest BCUT2D eigenvalue weighted by Crippen LogP contribution is 2.04. The molecule has 0 spiro atoms. The molecule has 0 aliphatic rings. The van der Waals surface area contributed by atoms with Crippen molar-refractivity contribution in [3.05, 3.63) is 63.8 Å². The smallest absolute Gasteiger partial charge is 0.271 e. The van der Waals surface area contributed by atoms with Gasteiger partial charge in [0, 0.05) is 12.1 Å². The van der Waals surface area contributed by atoms with Crippen LogP contribution in [-0.4, -0.2) is 21.7 Å². The first-order valence-corrected chi connectivity index (χ1v) is 7.13. The molecule has 1 aromatic heterocycles. The normalized spacial score (nSPS) is 12.0. The number of halogens is 1. The molecule has 5 nitrogen and oxygen atoms in total. The van der Waals surface area contributed by atoms with Crippen LogP contribution < -0.4 is 10.9 Å².